The first kappa shape index (κ1) is 12.3. The van der Waals surface area contributed by atoms with Crippen LogP contribution in [0.25, 0.3) is 0 Å². The fourth-order valence-electron chi connectivity index (χ4n) is 1.30. The van der Waals surface area contributed by atoms with Gasteiger partial charge in [0.15, 0.2) is 0 Å². The average Bonchev–Trinajstić information content (AvgIpc) is 2.19. The van der Waals surface area contributed by atoms with Gasteiger partial charge >= 0.3 is 6.18 Å². The number of aliphatic hydroxyl groups is 1. The standard InChI is InChI=1S/C10H10ClF3O/c11-9(10(12,13)14)8(6-15)7-4-2-1-3-5-7/h1-5,8-9,15H,6H2. The highest BCUT2D eigenvalue weighted by Crippen LogP contribution is 2.35. The highest BCUT2D eigenvalue weighted by Gasteiger charge is 2.43. The number of hydrogen-bond acceptors (Lipinski definition) is 1. The third kappa shape index (κ3) is 3.11. The molecule has 0 aliphatic carbocycles. The molecule has 15 heavy (non-hydrogen) atoms. The van der Waals surface area contributed by atoms with Gasteiger partial charge in [0.25, 0.3) is 0 Å². The molecule has 1 aromatic carbocycles. The topological polar surface area (TPSA) is 20.2 Å². The Morgan fingerprint density at radius 2 is 1.73 bits per heavy atom. The third-order valence-corrected chi connectivity index (χ3v) is 2.64. The van der Waals surface area contributed by atoms with E-state index >= 15 is 0 Å². The van der Waals surface area contributed by atoms with Crippen molar-refractivity contribution in [1.29, 1.82) is 0 Å². The Balaban J connectivity index is 2.90. The number of hydrogen-bond donors (Lipinski definition) is 1. The molecule has 0 saturated heterocycles. The molecular formula is C10H10ClF3O. The van der Waals surface area contributed by atoms with Crippen molar-refractivity contribution < 1.29 is 18.3 Å². The van der Waals surface area contributed by atoms with Crippen molar-refractivity contribution in [1.82, 2.24) is 0 Å². The van der Waals surface area contributed by atoms with E-state index in [0.717, 1.165) is 0 Å². The molecule has 0 aromatic heterocycles. The molecule has 0 aliphatic rings. The van der Waals surface area contributed by atoms with Gasteiger partial charge in [0.2, 0.25) is 0 Å². The molecule has 0 saturated carbocycles. The second-order valence-electron chi connectivity index (χ2n) is 3.14. The van der Waals surface area contributed by atoms with Crippen molar-refractivity contribution in [2.24, 2.45) is 0 Å². The van der Waals surface area contributed by atoms with Crippen LogP contribution in [0.4, 0.5) is 13.2 Å². The molecule has 0 spiro atoms. The van der Waals surface area contributed by atoms with Crippen LogP contribution < -0.4 is 0 Å². The van der Waals surface area contributed by atoms with Gasteiger partial charge in [0, 0.05) is 5.92 Å². The van der Waals surface area contributed by atoms with E-state index in [2.05, 4.69) is 0 Å². The maximum Gasteiger partial charge on any atom is 0.405 e. The zero-order valence-corrected chi connectivity index (χ0v) is 8.46. The molecule has 0 radical (unpaired) electrons. The van der Waals surface area contributed by atoms with Crippen LogP contribution in [0.3, 0.4) is 0 Å². The molecule has 0 amide bonds. The van der Waals surface area contributed by atoms with Crippen molar-refractivity contribution >= 4 is 11.6 Å². The summed E-state index contributed by atoms with van der Waals surface area (Å²) >= 11 is 5.27. The molecule has 84 valence electrons. The van der Waals surface area contributed by atoms with Gasteiger partial charge in [-0.3, -0.25) is 0 Å². The summed E-state index contributed by atoms with van der Waals surface area (Å²) in [5.74, 6) is -1.12. The van der Waals surface area contributed by atoms with Crippen molar-refractivity contribution in [3.8, 4) is 0 Å². The number of aliphatic hydroxyl groups excluding tert-OH is 1. The Morgan fingerprint density at radius 3 is 2.13 bits per heavy atom. The number of halogens is 4. The van der Waals surface area contributed by atoms with Crippen molar-refractivity contribution in [2.75, 3.05) is 6.61 Å². The van der Waals surface area contributed by atoms with Gasteiger partial charge in [-0.25, -0.2) is 0 Å². The summed E-state index contributed by atoms with van der Waals surface area (Å²) in [6.45, 7) is -0.627. The Morgan fingerprint density at radius 1 is 1.20 bits per heavy atom. The van der Waals surface area contributed by atoms with Crippen LogP contribution in [0.2, 0.25) is 0 Å². The first-order valence-electron chi connectivity index (χ1n) is 4.33. The summed E-state index contributed by atoms with van der Waals surface area (Å²) in [6.07, 6.45) is -4.51. The Kier molecular flexibility index (Phi) is 3.99. The molecule has 5 heteroatoms. The lowest BCUT2D eigenvalue weighted by atomic mass is 9.96. The molecule has 0 bridgehead atoms. The van der Waals surface area contributed by atoms with Gasteiger partial charge in [-0.05, 0) is 5.56 Å². The molecular weight excluding hydrogens is 229 g/mol. The van der Waals surface area contributed by atoms with E-state index in [4.69, 9.17) is 16.7 Å². The number of rotatable bonds is 3. The van der Waals surface area contributed by atoms with Crippen molar-refractivity contribution in [3.05, 3.63) is 35.9 Å². The van der Waals surface area contributed by atoms with Crippen LogP contribution in [0.15, 0.2) is 30.3 Å². The maximum atomic E-state index is 12.3. The van der Waals surface area contributed by atoms with E-state index in [9.17, 15) is 13.2 Å². The average molecular weight is 239 g/mol. The number of alkyl halides is 4. The first-order valence-corrected chi connectivity index (χ1v) is 4.77. The minimum atomic E-state index is -4.51. The molecule has 0 fully saturated rings. The highest BCUT2D eigenvalue weighted by molar-refractivity contribution is 6.21. The molecule has 2 unspecified atom stereocenters. The molecule has 1 nitrogen and oxygen atoms in total. The Labute approximate surface area is 90.5 Å². The van der Waals surface area contributed by atoms with Crippen molar-refractivity contribution in [3.63, 3.8) is 0 Å². The monoisotopic (exact) mass is 238 g/mol. The fourth-order valence-corrected chi connectivity index (χ4v) is 1.52. The lowest BCUT2D eigenvalue weighted by molar-refractivity contribution is -0.136. The minimum Gasteiger partial charge on any atom is -0.396 e. The first-order chi connectivity index (χ1) is 6.96. The Hall–Kier alpha value is -0.740. The third-order valence-electron chi connectivity index (χ3n) is 2.09. The van der Waals surface area contributed by atoms with Gasteiger partial charge in [-0.15, -0.1) is 11.6 Å². The van der Waals surface area contributed by atoms with Gasteiger partial charge in [0.05, 0.1) is 6.61 Å². The molecule has 2 atom stereocenters. The second kappa shape index (κ2) is 4.86. The normalized spacial score (nSPS) is 16.1. The van der Waals surface area contributed by atoms with Crippen LogP contribution in [0.1, 0.15) is 11.5 Å². The maximum absolute atomic E-state index is 12.3. The SMILES string of the molecule is OCC(c1ccccc1)C(Cl)C(F)(F)F. The van der Waals surface area contributed by atoms with Crippen LogP contribution in [0, 0.1) is 0 Å². The molecule has 1 rings (SSSR count). The fraction of sp³-hybridized carbons (Fsp3) is 0.400. The number of benzene rings is 1. The second-order valence-corrected chi connectivity index (χ2v) is 3.61. The van der Waals surface area contributed by atoms with Crippen LogP contribution in [0.5, 0.6) is 0 Å². The largest absolute Gasteiger partial charge is 0.405 e. The zero-order chi connectivity index (χ0) is 11.5. The lowest BCUT2D eigenvalue weighted by Gasteiger charge is -2.22. The summed E-state index contributed by atoms with van der Waals surface area (Å²) in [5, 5.41) is 6.86. The summed E-state index contributed by atoms with van der Waals surface area (Å²) in [4.78, 5) is 0. The summed E-state index contributed by atoms with van der Waals surface area (Å²) in [5.41, 5.74) is 0.386. The predicted octanol–water partition coefficient (Wildman–Crippen LogP) is 2.93. The summed E-state index contributed by atoms with van der Waals surface area (Å²) < 4.78 is 37.0. The van der Waals surface area contributed by atoms with Crippen LogP contribution in [-0.4, -0.2) is 23.3 Å². The quantitative estimate of drug-likeness (QED) is 0.803. The zero-order valence-electron chi connectivity index (χ0n) is 7.71. The van der Waals surface area contributed by atoms with Crippen molar-refractivity contribution in [2.45, 2.75) is 17.5 Å². The Bertz CT molecular complexity index is 299. The van der Waals surface area contributed by atoms with E-state index in [1.165, 1.54) is 12.1 Å². The minimum absolute atomic E-state index is 0.386. The van der Waals surface area contributed by atoms with Gasteiger partial charge in [0.1, 0.15) is 5.38 Å². The molecule has 0 heterocycles. The molecule has 0 aliphatic heterocycles. The van der Waals surface area contributed by atoms with E-state index in [0.29, 0.717) is 5.56 Å². The highest BCUT2D eigenvalue weighted by atomic mass is 35.5. The van der Waals surface area contributed by atoms with Gasteiger partial charge in [-0.1, -0.05) is 30.3 Å². The molecule has 1 N–H and O–H groups in total. The van der Waals surface area contributed by atoms with E-state index in [-0.39, 0.29) is 0 Å². The van der Waals surface area contributed by atoms with Crippen LogP contribution in [-0.2, 0) is 0 Å². The lowest BCUT2D eigenvalue weighted by Crippen LogP contribution is -2.31. The smallest absolute Gasteiger partial charge is 0.396 e. The van der Waals surface area contributed by atoms with E-state index in [1.54, 1.807) is 18.2 Å². The van der Waals surface area contributed by atoms with E-state index < -0.39 is 24.1 Å². The summed E-state index contributed by atoms with van der Waals surface area (Å²) in [6, 6.07) is 7.94. The van der Waals surface area contributed by atoms with Gasteiger partial charge < -0.3 is 5.11 Å². The van der Waals surface area contributed by atoms with Crippen LogP contribution >= 0.6 is 11.6 Å². The van der Waals surface area contributed by atoms with Gasteiger partial charge in [-0.2, -0.15) is 13.2 Å². The molecule has 1 aromatic rings. The summed E-state index contributed by atoms with van der Waals surface area (Å²) in [7, 11) is 0. The van der Waals surface area contributed by atoms with E-state index in [1.807, 2.05) is 0 Å². The predicted molar refractivity (Wildman–Crippen MR) is 52.0 cm³/mol.